The summed E-state index contributed by atoms with van der Waals surface area (Å²) in [6.07, 6.45) is 2.93. The first-order valence-electron chi connectivity index (χ1n) is 11.1. The summed E-state index contributed by atoms with van der Waals surface area (Å²) < 4.78 is 27.9. The number of halogens is 2. The van der Waals surface area contributed by atoms with Crippen LogP contribution in [0.5, 0.6) is 0 Å². The van der Waals surface area contributed by atoms with Crippen molar-refractivity contribution in [2.45, 2.75) is 24.9 Å². The summed E-state index contributed by atoms with van der Waals surface area (Å²) in [6, 6.07) is 22.7. The number of carbonyl (C=O) groups is 1. The first-order chi connectivity index (χ1) is 16.0. The molecule has 0 unspecified atom stereocenters. The Morgan fingerprint density at radius 1 is 0.848 bits per heavy atom. The number of benzene rings is 3. The highest BCUT2D eigenvalue weighted by molar-refractivity contribution is 6.07. The summed E-state index contributed by atoms with van der Waals surface area (Å²) in [7, 11) is 0. The van der Waals surface area contributed by atoms with E-state index in [-0.39, 0.29) is 17.5 Å². The molecular formula is C27H25F2N3O. The van der Waals surface area contributed by atoms with Crippen LogP contribution in [0.2, 0.25) is 0 Å². The van der Waals surface area contributed by atoms with Gasteiger partial charge >= 0.3 is 0 Å². The van der Waals surface area contributed by atoms with Crippen molar-refractivity contribution >= 4 is 17.3 Å². The standard InChI is InChI=1S/C27H25F2N3O/c28-21-8-4-10-23(16-21)30-25-18-26(33)32(24-11-5-9-22(29)17-24)27(25)12-14-31(15-13-27)19-20-6-2-1-3-7-20/h1-11,16-18,30H,12-15,19H2. The van der Waals surface area contributed by atoms with Gasteiger partial charge in [0.25, 0.3) is 5.91 Å². The fourth-order valence-corrected chi connectivity index (χ4v) is 4.93. The first-order valence-corrected chi connectivity index (χ1v) is 11.1. The summed E-state index contributed by atoms with van der Waals surface area (Å²) in [5.74, 6) is -0.932. The molecule has 2 aliphatic heterocycles. The molecule has 3 aromatic carbocycles. The molecule has 0 aromatic heterocycles. The van der Waals surface area contributed by atoms with Gasteiger partial charge in [-0.05, 0) is 54.8 Å². The highest BCUT2D eigenvalue weighted by Gasteiger charge is 2.50. The van der Waals surface area contributed by atoms with E-state index in [1.807, 2.05) is 18.2 Å². The Morgan fingerprint density at radius 3 is 2.24 bits per heavy atom. The lowest BCUT2D eigenvalue weighted by molar-refractivity contribution is -0.114. The van der Waals surface area contributed by atoms with Crippen LogP contribution in [0.15, 0.2) is 90.6 Å². The van der Waals surface area contributed by atoms with Gasteiger partial charge in [-0.1, -0.05) is 42.5 Å². The Kier molecular flexibility index (Phi) is 5.68. The number of likely N-dealkylation sites (tertiary alicyclic amines) is 1. The fraction of sp³-hybridized carbons (Fsp3) is 0.222. The van der Waals surface area contributed by atoms with Crippen molar-refractivity contribution in [3.05, 3.63) is 108 Å². The minimum Gasteiger partial charge on any atom is -0.357 e. The molecule has 0 aliphatic carbocycles. The molecule has 168 valence electrons. The highest BCUT2D eigenvalue weighted by atomic mass is 19.1. The van der Waals surface area contributed by atoms with Crippen LogP contribution in [0.4, 0.5) is 20.2 Å². The van der Waals surface area contributed by atoms with Crippen molar-refractivity contribution in [3.8, 4) is 0 Å². The Hall–Kier alpha value is -3.51. The maximum atomic E-state index is 14.1. The molecule has 1 amide bonds. The highest BCUT2D eigenvalue weighted by Crippen LogP contribution is 2.43. The Balaban J connectivity index is 1.45. The van der Waals surface area contributed by atoms with E-state index >= 15 is 0 Å². The van der Waals surface area contributed by atoms with Crippen molar-refractivity contribution < 1.29 is 13.6 Å². The Bertz CT molecular complexity index is 1190. The van der Waals surface area contributed by atoms with Gasteiger partial charge in [0.15, 0.2) is 0 Å². The third-order valence-electron chi connectivity index (χ3n) is 6.52. The number of anilines is 2. The summed E-state index contributed by atoms with van der Waals surface area (Å²) >= 11 is 0. The zero-order chi connectivity index (χ0) is 22.8. The van der Waals surface area contributed by atoms with Gasteiger partial charge < -0.3 is 5.32 Å². The normalized spacial score (nSPS) is 17.9. The molecule has 0 saturated carbocycles. The van der Waals surface area contributed by atoms with Gasteiger partial charge in [-0.3, -0.25) is 14.6 Å². The van der Waals surface area contributed by atoms with Gasteiger partial charge in [0.05, 0.1) is 5.54 Å². The molecule has 0 bridgehead atoms. The van der Waals surface area contributed by atoms with Gasteiger partial charge in [0.2, 0.25) is 0 Å². The predicted octanol–water partition coefficient (Wildman–Crippen LogP) is 5.34. The van der Waals surface area contributed by atoms with Crippen molar-refractivity contribution in [1.82, 2.24) is 4.90 Å². The van der Waals surface area contributed by atoms with Crippen molar-refractivity contribution in [1.29, 1.82) is 0 Å². The van der Waals surface area contributed by atoms with Gasteiger partial charge in [0, 0.05) is 42.8 Å². The van der Waals surface area contributed by atoms with E-state index in [9.17, 15) is 13.6 Å². The zero-order valence-corrected chi connectivity index (χ0v) is 18.2. The number of hydrogen-bond acceptors (Lipinski definition) is 3. The van der Waals surface area contributed by atoms with Gasteiger partial charge in [0.1, 0.15) is 11.6 Å². The smallest absolute Gasteiger partial charge is 0.253 e. The van der Waals surface area contributed by atoms with Gasteiger partial charge in [-0.25, -0.2) is 8.78 Å². The molecule has 4 nitrogen and oxygen atoms in total. The lowest BCUT2D eigenvalue weighted by atomic mass is 9.83. The molecule has 33 heavy (non-hydrogen) atoms. The van der Waals surface area contributed by atoms with Gasteiger partial charge in [-0.2, -0.15) is 0 Å². The number of rotatable bonds is 5. The SMILES string of the molecule is O=C1C=C(Nc2cccc(F)c2)C2(CCN(Cc3ccccc3)CC2)N1c1cccc(F)c1. The third-order valence-corrected chi connectivity index (χ3v) is 6.52. The molecule has 0 radical (unpaired) electrons. The minimum atomic E-state index is -0.648. The summed E-state index contributed by atoms with van der Waals surface area (Å²) in [5.41, 5.74) is 2.43. The Morgan fingerprint density at radius 2 is 1.55 bits per heavy atom. The average Bonchev–Trinajstić information content (AvgIpc) is 3.06. The molecule has 2 heterocycles. The number of amides is 1. The predicted molar refractivity (Wildman–Crippen MR) is 126 cm³/mol. The van der Waals surface area contributed by atoms with Crippen molar-refractivity contribution in [2.75, 3.05) is 23.3 Å². The van der Waals surface area contributed by atoms with E-state index in [1.54, 1.807) is 35.2 Å². The second kappa shape index (κ2) is 8.79. The number of hydrogen-bond donors (Lipinski definition) is 1. The maximum absolute atomic E-state index is 14.1. The fourth-order valence-electron chi connectivity index (χ4n) is 4.93. The lowest BCUT2D eigenvalue weighted by Gasteiger charge is -2.46. The molecule has 1 spiro atoms. The molecule has 1 saturated heterocycles. The van der Waals surface area contributed by atoms with Crippen LogP contribution < -0.4 is 10.2 Å². The average molecular weight is 446 g/mol. The van der Waals surface area contributed by atoms with Crippen LogP contribution in [0.1, 0.15) is 18.4 Å². The van der Waals surface area contributed by atoms with Crippen LogP contribution in [0, 0.1) is 11.6 Å². The van der Waals surface area contributed by atoms with E-state index < -0.39 is 5.54 Å². The monoisotopic (exact) mass is 445 g/mol. The maximum Gasteiger partial charge on any atom is 0.253 e. The molecule has 3 aromatic rings. The summed E-state index contributed by atoms with van der Waals surface area (Å²) in [6.45, 7) is 2.38. The second-order valence-electron chi connectivity index (χ2n) is 8.64. The number of nitrogens with one attached hydrogen (secondary N) is 1. The van der Waals surface area contributed by atoms with Crippen molar-refractivity contribution in [3.63, 3.8) is 0 Å². The number of nitrogens with zero attached hydrogens (tertiary/aromatic N) is 2. The molecular weight excluding hydrogens is 420 g/mol. The van der Waals surface area contributed by atoms with Gasteiger partial charge in [-0.15, -0.1) is 0 Å². The van der Waals surface area contributed by atoms with Crippen LogP contribution >= 0.6 is 0 Å². The quantitative estimate of drug-likeness (QED) is 0.576. The van der Waals surface area contributed by atoms with Crippen LogP contribution in [-0.2, 0) is 11.3 Å². The molecule has 5 rings (SSSR count). The molecule has 1 fully saturated rings. The molecule has 6 heteroatoms. The van der Waals surface area contributed by atoms with Crippen LogP contribution in [-0.4, -0.2) is 29.4 Å². The summed E-state index contributed by atoms with van der Waals surface area (Å²) in [5, 5.41) is 3.30. The number of piperidine rings is 1. The van der Waals surface area contributed by atoms with E-state index in [2.05, 4.69) is 22.3 Å². The topological polar surface area (TPSA) is 35.6 Å². The van der Waals surface area contributed by atoms with Crippen LogP contribution in [0.25, 0.3) is 0 Å². The second-order valence-corrected chi connectivity index (χ2v) is 8.64. The zero-order valence-electron chi connectivity index (χ0n) is 18.2. The Labute approximate surface area is 192 Å². The molecule has 1 N–H and O–H groups in total. The van der Waals surface area contributed by atoms with Crippen molar-refractivity contribution in [2.24, 2.45) is 0 Å². The minimum absolute atomic E-state index is 0.198. The first kappa shape index (κ1) is 21.3. The van der Waals surface area contributed by atoms with E-state index in [0.29, 0.717) is 24.2 Å². The van der Waals surface area contributed by atoms with E-state index in [4.69, 9.17) is 0 Å². The van der Waals surface area contributed by atoms with Crippen LogP contribution in [0.3, 0.4) is 0 Å². The largest absolute Gasteiger partial charge is 0.357 e. The van der Waals surface area contributed by atoms with E-state index in [0.717, 1.165) is 25.3 Å². The van der Waals surface area contributed by atoms with E-state index in [1.165, 1.54) is 29.8 Å². The molecule has 0 atom stereocenters. The summed E-state index contributed by atoms with van der Waals surface area (Å²) in [4.78, 5) is 17.3. The molecule has 2 aliphatic rings. The number of carbonyl (C=O) groups excluding carboxylic acids is 1. The third kappa shape index (κ3) is 4.26. The lowest BCUT2D eigenvalue weighted by Crippen LogP contribution is -2.56.